The minimum absolute atomic E-state index is 0.0459. The number of nitrogens with one attached hydrogen (secondary N) is 1. The van der Waals surface area contributed by atoms with Crippen LogP contribution in [0.25, 0.3) is 0 Å². The van der Waals surface area contributed by atoms with E-state index >= 15 is 0 Å². The summed E-state index contributed by atoms with van der Waals surface area (Å²) in [5.41, 5.74) is 5.09. The Balaban J connectivity index is 4.63. The van der Waals surface area contributed by atoms with Crippen LogP contribution >= 0.6 is 0 Å². The molecule has 0 aromatic heterocycles. The third kappa shape index (κ3) is 3.51. The average molecular weight is 190 g/mol. The molecule has 6 N–H and O–H groups in total. The van der Waals surface area contributed by atoms with E-state index < -0.39 is 25.7 Å². The van der Waals surface area contributed by atoms with Gasteiger partial charge in [0.2, 0.25) is 0 Å². The largest absolute Gasteiger partial charge is 0.392 e. The molecule has 13 heavy (non-hydrogen) atoms. The minimum Gasteiger partial charge on any atom is -0.392 e. The highest BCUT2D eigenvalue weighted by Gasteiger charge is 2.12. The van der Waals surface area contributed by atoms with Gasteiger partial charge in [0.15, 0.2) is 0 Å². The van der Waals surface area contributed by atoms with Gasteiger partial charge in [0, 0.05) is 5.57 Å². The number of aliphatic hydroxyl groups is 3. The van der Waals surface area contributed by atoms with E-state index in [4.69, 9.17) is 21.1 Å². The Morgan fingerprint density at radius 2 is 1.69 bits per heavy atom. The summed E-state index contributed by atoms with van der Waals surface area (Å²) in [6.07, 6.45) is 0. The summed E-state index contributed by atoms with van der Waals surface area (Å²) in [7, 11) is 0. The van der Waals surface area contributed by atoms with Crippen LogP contribution in [-0.2, 0) is 4.79 Å². The van der Waals surface area contributed by atoms with Crippen molar-refractivity contribution in [1.82, 2.24) is 5.32 Å². The predicted octanol–water partition coefficient (Wildman–Crippen LogP) is -2.71. The molecule has 0 aliphatic rings. The van der Waals surface area contributed by atoms with Gasteiger partial charge < -0.3 is 26.4 Å². The average Bonchev–Trinajstić information content (AvgIpc) is 2.14. The van der Waals surface area contributed by atoms with E-state index in [0.29, 0.717) is 0 Å². The van der Waals surface area contributed by atoms with Crippen molar-refractivity contribution >= 4 is 5.91 Å². The van der Waals surface area contributed by atoms with Crippen LogP contribution in [0, 0.1) is 0 Å². The maximum atomic E-state index is 11.1. The van der Waals surface area contributed by atoms with Crippen molar-refractivity contribution in [3.05, 3.63) is 11.1 Å². The molecule has 0 rings (SSSR count). The Labute approximate surface area is 75.7 Å². The monoisotopic (exact) mass is 190 g/mol. The Morgan fingerprint density at radius 1 is 1.15 bits per heavy atom. The lowest BCUT2D eigenvalue weighted by Crippen LogP contribution is -2.32. The van der Waals surface area contributed by atoms with E-state index in [1.807, 2.05) is 0 Å². The molecule has 6 heteroatoms. The van der Waals surface area contributed by atoms with Crippen molar-refractivity contribution in [1.29, 1.82) is 0 Å². The van der Waals surface area contributed by atoms with E-state index in [1.165, 1.54) is 0 Å². The Kier molecular flexibility index (Phi) is 6.07. The van der Waals surface area contributed by atoms with Crippen molar-refractivity contribution in [3.8, 4) is 0 Å². The van der Waals surface area contributed by atoms with E-state index in [0.717, 1.165) is 0 Å². The van der Waals surface area contributed by atoms with Crippen LogP contribution in [0.3, 0.4) is 0 Å². The molecule has 6 nitrogen and oxygen atoms in total. The Bertz CT molecular complexity index is 197. The van der Waals surface area contributed by atoms with E-state index in [9.17, 15) is 4.79 Å². The van der Waals surface area contributed by atoms with Gasteiger partial charge in [-0.05, 0) is 5.57 Å². The van der Waals surface area contributed by atoms with Crippen LogP contribution in [-0.4, -0.2) is 47.7 Å². The number of carbonyl (C=O) groups excluding carboxylic acids is 1. The molecule has 0 fully saturated rings. The molecule has 0 heterocycles. The zero-order valence-corrected chi connectivity index (χ0v) is 7.16. The molecule has 1 amide bonds. The molecule has 0 unspecified atom stereocenters. The van der Waals surface area contributed by atoms with Gasteiger partial charge in [-0.1, -0.05) is 0 Å². The minimum atomic E-state index is -0.580. The fraction of sp³-hybridized carbons (Fsp3) is 0.571. The molecule has 0 aliphatic carbocycles. The third-order valence-electron chi connectivity index (χ3n) is 1.50. The topological polar surface area (TPSA) is 116 Å². The summed E-state index contributed by atoms with van der Waals surface area (Å²) in [4.78, 5) is 11.1. The Hall–Kier alpha value is -0.950. The lowest BCUT2D eigenvalue weighted by molar-refractivity contribution is -0.118. The molecule has 0 aromatic rings. The van der Waals surface area contributed by atoms with Crippen molar-refractivity contribution in [3.63, 3.8) is 0 Å². The van der Waals surface area contributed by atoms with Crippen molar-refractivity contribution in [2.75, 3.05) is 26.5 Å². The summed E-state index contributed by atoms with van der Waals surface area (Å²) in [5, 5.41) is 28.4. The SMILES string of the molecule is NCNC(=O)C(CO)=C(CO)CO. The first-order chi connectivity index (χ1) is 6.21. The standard InChI is InChI=1S/C7H14N2O4/c8-4-9-7(13)6(3-12)5(1-10)2-11/h10-12H,1-4,8H2,(H,9,13). The zero-order valence-electron chi connectivity index (χ0n) is 7.16. The van der Waals surface area contributed by atoms with Crippen molar-refractivity contribution in [2.24, 2.45) is 5.73 Å². The fourth-order valence-corrected chi connectivity index (χ4v) is 0.784. The van der Waals surface area contributed by atoms with Crippen LogP contribution in [0.4, 0.5) is 0 Å². The van der Waals surface area contributed by atoms with Crippen LogP contribution < -0.4 is 11.1 Å². The highest BCUT2D eigenvalue weighted by Crippen LogP contribution is 2.02. The highest BCUT2D eigenvalue weighted by atomic mass is 16.3. The van der Waals surface area contributed by atoms with E-state index in [-0.39, 0.29) is 17.8 Å². The van der Waals surface area contributed by atoms with Gasteiger partial charge in [-0.15, -0.1) is 0 Å². The van der Waals surface area contributed by atoms with Crippen LogP contribution in [0.15, 0.2) is 11.1 Å². The van der Waals surface area contributed by atoms with Crippen LogP contribution in [0.2, 0.25) is 0 Å². The summed E-state index contributed by atoms with van der Waals surface area (Å²) >= 11 is 0. The van der Waals surface area contributed by atoms with Crippen LogP contribution in [0.5, 0.6) is 0 Å². The summed E-state index contributed by atoms with van der Waals surface area (Å²) in [6, 6.07) is 0. The van der Waals surface area contributed by atoms with E-state index in [2.05, 4.69) is 5.32 Å². The zero-order chi connectivity index (χ0) is 10.3. The lowest BCUT2D eigenvalue weighted by Gasteiger charge is -2.08. The first-order valence-electron chi connectivity index (χ1n) is 3.73. The van der Waals surface area contributed by atoms with Gasteiger partial charge in [-0.2, -0.15) is 0 Å². The predicted molar refractivity (Wildman–Crippen MR) is 45.5 cm³/mol. The summed E-state index contributed by atoms with van der Waals surface area (Å²) in [6.45, 7) is -1.54. The molecule has 0 radical (unpaired) electrons. The molecular weight excluding hydrogens is 176 g/mol. The number of aliphatic hydroxyl groups excluding tert-OH is 3. The number of rotatable bonds is 5. The maximum absolute atomic E-state index is 11.1. The summed E-state index contributed by atoms with van der Waals surface area (Å²) < 4.78 is 0. The van der Waals surface area contributed by atoms with Crippen molar-refractivity contribution in [2.45, 2.75) is 0 Å². The second-order valence-corrected chi connectivity index (χ2v) is 2.27. The molecule has 0 aliphatic heterocycles. The molecule has 0 atom stereocenters. The quantitative estimate of drug-likeness (QED) is 0.239. The van der Waals surface area contributed by atoms with Crippen molar-refractivity contribution < 1.29 is 20.1 Å². The number of nitrogens with two attached hydrogens (primary N) is 1. The normalized spacial score (nSPS) is 9.54. The highest BCUT2D eigenvalue weighted by molar-refractivity contribution is 5.94. The molecule has 0 aromatic carbocycles. The smallest absolute Gasteiger partial charge is 0.250 e. The number of amides is 1. The first-order valence-corrected chi connectivity index (χ1v) is 3.73. The molecule has 76 valence electrons. The third-order valence-corrected chi connectivity index (χ3v) is 1.50. The molecule has 0 bridgehead atoms. The number of hydrogen-bond donors (Lipinski definition) is 5. The van der Waals surface area contributed by atoms with Gasteiger partial charge in [0.25, 0.3) is 5.91 Å². The van der Waals surface area contributed by atoms with Gasteiger partial charge in [0.1, 0.15) is 0 Å². The summed E-state index contributed by atoms with van der Waals surface area (Å²) in [5.74, 6) is -0.580. The van der Waals surface area contributed by atoms with Gasteiger partial charge in [0.05, 0.1) is 26.5 Å². The van der Waals surface area contributed by atoms with Gasteiger partial charge in [-0.3, -0.25) is 4.79 Å². The number of carbonyl (C=O) groups is 1. The molecular formula is C7H14N2O4. The fourth-order valence-electron chi connectivity index (χ4n) is 0.784. The van der Waals surface area contributed by atoms with Crippen LogP contribution in [0.1, 0.15) is 0 Å². The number of hydrogen-bond acceptors (Lipinski definition) is 5. The second kappa shape index (κ2) is 6.55. The van der Waals surface area contributed by atoms with Gasteiger partial charge >= 0.3 is 0 Å². The molecule has 0 saturated carbocycles. The Morgan fingerprint density at radius 3 is 2.00 bits per heavy atom. The van der Waals surface area contributed by atoms with Gasteiger partial charge in [-0.25, -0.2) is 0 Å². The molecule has 0 saturated heterocycles. The van der Waals surface area contributed by atoms with E-state index in [1.54, 1.807) is 0 Å². The molecule has 0 spiro atoms. The lowest BCUT2D eigenvalue weighted by atomic mass is 10.1. The second-order valence-electron chi connectivity index (χ2n) is 2.27. The first kappa shape index (κ1) is 12.0. The maximum Gasteiger partial charge on any atom is 0.250 e.